The summed E-state index contributed by atoms with van der Waals surface area (Å²) in [6.07, 6.45) is 0. The van der Waals surface area contributed by atoms with Crippen LogP contribution >= 0.6 is 0 Å². The van der Waals surface area contributed by atoms with Gasteiger partial charge in [0.15, 0.2) is 5.78 Å². The highest BCUT2D eigenvalue weighted by atomic mass is 16.5. The average Bonchev–Trinajstić information content (AvgIpc) is 2.68. The van der Waals surface area contributed by atoms with Crippen LogP contribution in [0.5, 0.6) is 5.75 Å². The smallest absolute Gasteiger partial charge is 0.323 e. The number of urea groups is 1. The zero-order valence-electron chi connectivity index (χ0n) is 14.2. The van der Waals surface area contributed by atoms with Gasteiger partial charge >= 0.3 is 6.03 Å². The Bertz CT molecular complexity index is 906. The van der Waals surface area contributed by atoms with Gasteiger partial charge < -0.3 is 15.4 Å². The van der Waals surface area contributed by atoms with Gasteiger partial charge in [-0.25, -0.2) is 4.79 Å². The number of benzene rings is 3. The fraction of sp³-hybridized carbons (Fsp3) is 0.0476. The van der Waals surface area contributed by atoms with Crippen molar-refractivity contribution in [1.29, 1.82) is 0 Å². The number of carbonyl (C=O) groups excluding carboxylic acids is 2. The molecule has 0 atom stereocenters. The first-order valence-electron chi connectivity index (χ1n) is 8.08. The fourth-order valence-electron chi connectivity index (χ4n) is 2.49. The number of ketones is 1. The van der Waals surface area contributed by atoms with E-state index in [1.54, 1.807) is 67.8 Å². The minimum Gasteiger partial charge on any atom is -0.497 e. The van der Waals surface area contributed by atoms with E-state index in [0.717, 1.165) is 0 Å². The molecule has 130 valence electrons. The highest BCUT2D eigenvalue weighted by molar-refractivity contribution is 6.14. The molecule has 0 spiro atoms. The van der Waals surface area contributed by atoms with E-state index in [1.807, 2.05) is 18.2 Å². The van der Waals surface area contributed by atoms with Crippen molar-refractivity contribution in [2.75, 3.05) is 17.7 Å². The normalized spacial score (nSPS) is 10.0. The summed E-state index contributed by atoms with van der Waals surface area (Å²) in [5, 5.41) is 5.47. The Hall–Kier alpha value is -3.60. The highest BCUT2D eigenvalue weighted by Crippen LogP contribution is 2.21. The first-order valence-corrected chi connectivity index (χ1v) is 8.08. The molecular weight excluding hydrogens is 328 g/mol. The Labute approximate surface area is 151 Å². The molecule has 0 aromatic heterocycles. The van der Waals surface area contributed by atoms with Crippen molar-refractivity contribution in [3.8, 4) is 5.75 Å². The van der Waals surface area contributed by atoms with Crippen molar-refractivity contribution in [2.24, 2.45) is 0 Å². The molecule has 0 radical (unpaired) electrons. The third-order valence-corrected chi connectivity index (χ3v) is 3.80. The summed E-state index contributed by atoms with van der Waals surface area (Å²) >= 11 is 0. The van der Waals surface area contributed by atoms with Gasteiger partial charge in [0.05, 0.1) is 12.8 Å². The fourth-order valence-corrected chi connectivity index (χ4v) is 2.49. The van der Waals surface area contributed by atoms with Gasteiger partial charge in [0.25, 0.3) is 0 Å². The highest BCUT2D eigenvalue weighted by Gasteiger charge is 2.15. The number of hydrogen-bond donors (Lipinski definition) is 2. The lowest BCUT2D eigenvalue weighted by molar-refractivity contribution is 0.103. The zero-order valence-corrected chi connectivity index (χ0v) is 14.2. The largest absolute Gasteiger partial charge is 0.497 e. The lowest BCUT2D eigenvalue weighted by Gasteiger charge is -2.11. The van der Waals surface area contributed by atoms with E-state index in [0.29, 0.717) is 28.3 Å². The minimum atomic E-state index is -0.411. The van der Waals surface area contributed by atoms with Crippen molar-refractivity contribution >= 4 is 23.2 Å². The molecule has 0 bridgehead atoms. The van der Waals surface area contributed by atoms with Gasteiger partial charge in [-0.05, 0) is 48.5 Å². The van der Waals surface area contributed by atoms with Gasteiger partial charge in [0, 0.05) is 16.8 Å². The number of ether oxygens (including phenoxy) is 1. The number of nitrogens with one attached hydrogen (secondary N) is 2. The van der Waals surface area contributed by atoms with Crippen LogP contribution < -0.4 is 15.4 Å². The molecule has 3 aromatic carbocycles. The van der Waals surface area contributed by atoms with E-state index < -0.39 is 6.03 Å². The second-order valence-electron chi connectivity index (χ2n) is 5.55. The summed E-state index contributed by atoms with van der Waals surface area (Å²) in [6, 6.07) is 22.4. The number of methoxy groups -OCH3 is 1. The third-order valence-electron chi connectivity index (χ3n) is 3.80. The molecule has 0 unspecified atom stereocenters. The number of carbonyl (C=O) groups is 2. The summed E-state index contributed by atoms with van der Waals surface area (Å²) in [5.74, 6) is 0.499. The molecule has 2 N–H and O–H groups in total. The molecule has 0 aliphatic carbocycles. The van der Waals surface area contributed by atoms with E-state index in [2.05, 4.69) is 10.6 Å². The van der Waals surface area contributed by atoms with E-state index in [1.165, 1.54) is 0 Å². The van der Waals surface area contributed by atoms with Crippen LogP contribution in [0.4, 0.5) is 16.2 Å². The van der Waals surface area contributed by atoms with Crippen LogP contribution in [-0.2, 0) is 0 Å². The first-order chi connectivity index (χ1) is 12.7. The van der Waals surface area contributed by atoms with E-state index in [4.69, 9.17) is 4.74 Å². The Morgan fingerprint density at radius 1 is 0.769 bits per heavy atom. The predicted molar refractivity (Wildman–Crippen MR) is 102 cm³/mol. The van der Waals surface area contributed by atoms with E-state index in [9.17, 15) is 9.59 Å². The van der Waals surface area contributed by atoms with Gasteiger partial charge in [-0.3, -0.25) is 4.79 Å². The van der Waals surface area contributed by atoms with Gasteiger partial charge in [-0.1, -0.05) is 30.3 Å². The van der Waals surface area contributed by atoms with Crippen LogP contribution in [0.1, 0.15) is 15.9 Å². The molecule has 0 heterocycles. The Morgan fingerprint density at radius 3 is 2.12 bits per heavy atom. The van der Waals surface area contributed by atoms with Crippen molar-refractivity contribution in [3.63, 3.8) is 0 Å². The van der Waals surface area contributed by atoms with Crippen molar-refractivity contribution in [1.82, 2.24) is 0 Å². The summed E-state index contributed by atoms with van der Waals surface area (Å²) < 4.78 is 5.11. The van der Waals surface area contributed by atoms with Crippen LogP contribution in [0.15, 0.2) is 78.9 Å². The topological polar surface area (TPSA) is 67.4 Å². The summed E-state index contributed by atoms with van der Waals surface area (Å²) in [5.41, 5.74) is 2.05. The maximum absolute atomic E-state index is 12.8. The lowest BCUT2D eigenvalue weighted by atomic mass is 10.0. The van der Waals surface area contributed by atoms with Crippen molar-refractivity contribution in [3.05, 3.63) is 90.0 Å². The molecule has 5 heteroatoms. The van der Waals surface area contributed by atoms with Crippen LogP contribution in [-0.4, -0.2) is 18.9 Å². The number of anilines is 2. The average molecular weight is 346 g/mol. The Morgan fingerprint density at radius 2 is 1.42 bits per heavy atom. The zero-order chi connectivity index (χ0) is 18.4. The number of para-hydroxylation sites is 2. The molecule has 5 nitrogen and oxygen atoms in total. The quantitative estimate of drug-likeness (QED) is 0.665. The molecule has 3 rings (SSSR count). The standard InChI is InChI=1S/C21H18N2O3/c1-26-17-13-11-15(12-14-17)20(24)18-9-5-6-10-19(18)23-21(25)22-16-7-3-2-4-8-16/h2-14H,1H3,(H2,22,23,25). The monoisotopic (exact) mass is 346 g/mol. The minimum absolute atomic E-state index is 0.178. The molecule has 3 aromatic rings. The van der Waals surface area contributed by atoms with Gasteiger partial charge in [-0.2, -0.15) is 0 Å². The molecule has 0 aliphatic heterocycles. The van der Waals surface area contributed by atoms with Crippen LogP contribution in [0.3, 0.4) is 0 Å². The Balaban J connectivity index is 1.79. The summed E-state index contributed by atoms with van der Waals surface area (Å²) in [4.78, 5) is 25.0. The molecule has 0 aliphatic rings. The maximum Gasteiger partial charge on any atom is 0.323 e. The van der Waals surface area contributed by atoms with Gasteiger partial charge in [-0.15, -0.1) is 0 Å². The predicted octanol–water partition coefficient (Wildman–Crippen LogP) is 4.57. The van der Waals surface area contributed by atoms with Gasteiger partial charge in [0.2, 0.25) is 0 Å². The molecule has 0 saturated carbocycles. The lowest BCUT2D eigenvalue weighted by Crippen LogP contribution is -2.21. The second kappa shape index (κ2) is 7.98. The van der Waals surface area contributed by atoms with Crippen molar-refractivity contribution in [2.45, 2.75) is 0 Å². The molecule has 2 amide bonds. The summed E-state index contributed by atoms with van der Waals surface area (Å²) in [7, 11) is 1.57. The molecular formula is C21H18N2O3. The second-order valence-corrected chi connectivity index (χ2v) is 5.55. The summed E-state index contributed by atoms with van der Waals surface area (Å²) in [6.45, 7) is 0. The number of hydrogen-bond acceptors (Lipinski definition) is 3. The van der Waals surface area contributed by atoms with Gasteiger partial charge in [0.1, 0.15) is 5.75 Å². The third kappa shape index (κ3) is 4.08. The number of rotatable bonds is 5. The molecule has 26 heavy (non-hydrogen) atoms. The van der Waals surface area contributed by atoms with Crippen LogP contribution in [0.2, 0.25) is 0 Å². The van der Waals surface area contributed by atoms with Crippen LogP contribution in [0.25, 0.3) is 0 Å². The SMILES string of the molecule is COc1ccc(C(=O)c2ccccc2NC(=O)Nc2ccccc2)cc1. The maximum atomic E-state index is 12.8. The first kappa shape index (κ1) is 17.2. The molecule has 0 saturated heterocycles. The number of amides is 2. The van der Waals surface area contributed by atoms with E-state index >= 15 is 0 Å². The van der Waals surface area contributed by atoms with Crippen molar-refractivity contribution < 1.29 is 14.3 Å². The molecule has 0 fully saturated rings. The Kier molecular flexibility index (Phi) is 5.29. The van der Waals surface area contributed by atoms with Crippen LogP contribution in [0, 0.1) is 0 Å². The van der Waals surface area contributed by atoms with E-state index in [-0.39, 0.29) is 5.78 Å².